The van der Waals surface area contributed by atoms with Crippen molar-refractivity contribution in [1.82, 2.24) is 5.32 Å². The van der Waals surface area contributed by atoms with E-state index in [9.17, 15) is 4.79 Å². The third-order valence-corrected chi connectivity index (χ3v) is 2.39. The highest BCUT2D eigenvalue weighted by atomic mass is 32.2. The maximum Gasteiger partial charge on any atom is 0.234 e. The molecular weight excluding hydrogens is 158 g/mol. The lowest BCUT2D eigenvalue weighted by molar-refractivity contribution is -0.117. The summed E-state index contributed by atoms with van der Waals surface area (Å²) in [6, 6.07) is 0. The maximum atomic E-state index is 10.8. The fourth-order valence-electron chi connectivity index (χ4n) is 0.789. The van der Waals surface area contributed by atoms with Crippen molar-refractivity contribution in [3.8, 4) is 0 Å². The van der Waals surface area contributed by atoms with E-state index in [2.05, 4.69) is 18.5 Å². The SMILES string of the molecule is C=CC1=C(C=C)SCC(=O)N1. The van der Waals surface area contributed by atoms with Gasteiger partial charge in [0, 0.05) is 4.91 Å². The van der Waals surface area contributed by atoms with E-state index in [0.29, 0.717) is 5.75 Å². The molecule has 1 rings (SSSR count). The number of amides is 1. The quantitative estimate of drug-likeness (QED) is 0.674. The first-order valence-corrected chi connectivity index (χ1v) is 4.18. The van der Waals surface area contributed by atoms with Gasteiger partial charge in [-0.3, -0.25) is 4.79 Å². The highest BCUT2D eigenvalue weighted by Crippen LogP contribution is 2.23. The van der Waals surface area contributed by atoms with Gasteiger partial charge in [-0.2, -0.15) is 0 Å². The monoisotopic (exact) mass is 167 g/mol. The van der Waals surface area contributed by atoms with Gasteiger partial charge in [-0.05, 0) is 6.08 Å². The van der Waals surface area contributed by atoms with E-state index in [1.807, 2.05) is 0 Å². The molecule has 0 radical (unpaired) electrons. The zero-order valence-electron chi connectivity index (χ0n) is 6.09. The summed E-state index contributed by atoms with van der Waals surface area (Å²) in [4.78, 5) is 11.8. The first-order valence-electron chi connectivity index (χ1n) is 3.19. The van der Waals surface area contributed by atoms with Crippen LogP contribution in [0.25, 0.3) is 0 Å². The van der Waals surface area contributed by atoms with Crippen molar-refractivity contribution >= 4 is 17.7 Å². The summed E-state index contributed by atoms with van der Waals surface area (Å²) < 4.78 is 0. The molecule has 0 unspecified atom stereocenters. The number of nitrogens with one attached hydrogen (secondary N) is 1. The number of carbonyl (C=O) groups is 1. The Balaban J connectivity index is 2.91. The summed E-state index contributed by atoms with van der Waals surface area (Å²) in [7, 11) is 0. The third-order valence-electron chi connectivity index (χ3n) is 1.29. The van der Waals surface area contributed by atoms with Gasteiger partial charge in [0.25, 0.3) is 0 Å². The zero-order valence-corrected chi connectivity index (χ0v) is 6.91. The number of hydrogen-bond acceptors (Lipinski definition) is 2. The van der Waals surface area contributed by atoms with Crippen LogP contribution < -0.4 is 5.32 Å². The Morgan fingerprint density at radius 3 is 2.73 bits per heavy atom. The van der Waals surface area contributed by atoms with Crippen molar-refractivity contribution in [2.45, 2.75) is 0 Å². The van der Waals surface area contributed by atoms with Crippen molar-refractivity contribution in [2.75, 3.05) is 5.75 Å². The minimum absolute atomic E-state index is 0.0236. The van der Waals surface area contributed by atoms with E-state index in [1.54, 1.807) is 12.2 Å². The predicted octanol–water partition coefficient (Wildman–Crippen LogP) is 1.43. The van der Waals surface area contributed by atoms with Crippen LogP contribution in [0, 0.1) is 0 Å². The van der Waals surface area contributed by atoms with Crippen molar-refractivity contribution < 1.29 is 4.79 Å². The van der Waals surface area contributed by atoms with E-state index in [4.69, 9.17) is 0 Å². The van der Waals surface area contributed by atoms with Crippen LogP contribution in [-0.2, 0) is 4.79 Å². The lowest BCUT2D eigenvalue weighted by Gasteiger charge is -2.15. The number of rotatable bonds is 2. The van der Waals surface area contributed by atoms with Gasteiger partial charge >= 0.3 is 0 Å². The van der Waals surface area contributed by atoms with Gasteiger partial charge in [0.15, 0.2) is 0 Å². The molecule has 0 saturated carbocycles. The van der Waals surface area contributed by atoms with Gasteiger partial charge in [0.05, 0.1) is 11.4 Å². The number of allylic oxidation sites excluding steroid dienone is 2. The summed E-state index contributed by atoms with van der Waals surface area (Å²) in [5, 5.41) is 2.70. The highest BCUT2D eigenvalue weighted by Gasteiger charge is 2.13. The molecule has 2 nitrogen and oxygen atoms in total. The van der Waals surface area contributed by atoms with E-state index in [0.717, 1.165) is 10.6 Å². The van der Waals surface area contributed by atoms with Gasteiger partial charge in [0.2, 0.25) is 5.91 Å². The molecule has 0 fully saturated rings. The summed E-state index contributed by atoms with van der Waals surface area (Å²) >= 11 is 1.48. The molecule has 0 aromatic rings. The summed E-state index contributed by atoms with van der Waals surface area (Å²) in [6.07, 6.45) is 3.35. The Morgan fingerprint density at radius 1 is 1.45 bits per heavy atom. The minimum Gasteiger partial charge on any atom is -0.324 e. The molecule has 11 heavy (non-hydrogen) atoms. The second-order valence-electron chi connectivity index (χ2n) is 2.02. The molecule has 1 N–H and O–H groups in total. The fraction of sp³-hybridized carbons (Fsp3) is 0.125. The van der Waals surface area contributed by atoms with Crippen molar-refractivity contribution in [3.05, 3.63) is 35.9 Å². The van der Waals surface area contributed by atoms with E-state index >= 15 is 0 Å². The number of thioether (sulfide) groups is 1. The van der Waals surface area contributed by atoms with Crippen LogP contribution in [0.4, 0.5) is 0 Å². The van der Waals surface area contributed by atoms with Crippen LogP contribution in [0.15, 0.2) is 35.9 Å². The predicted molar refractivity (Wildman–Crippen MR) is 48.0 cm³/mol. The molecule has 0 aromatic carbocycles. The average molecular weight is 167 g/mol. The average Bonchev–Trinajstić information content (AvgIpc) is 2.04. The van der Waals surface area contributed by atoms with Crippen molar-refractivity contribution in [2.24, 2.45) is 0 Å². The van der Waals surface area contributed by atoms with Crippen LogP contribution in [0.2, 0.25) is 0 Å². The van der Waals surface area contributed by atoms with Crippen molar-refractivity contribution in [3.63, 3.8) is 0 Å². The number of carbonyl (C=O) groups excluding carboxylic acids is 1. The number of hydrogen-bond donors (Lipinski definition) is 1. The van der Waals surface area contributed by atoms with Crippen LogP contribution in [0.1, 0.15) is 0 Å². The molecular formula is C8H9NOS. The van der Waals surface area contributed by atoms with Crippen molar-refractivity contribution in [1.29, 1.82) is 0 Å². The second kappa shape index (κ2) is 3.44. The van der Waals surface area contributed by atoms with Gasteiger partial charge < -0.3 is 5.32 Å². The summed E-state index contributed by atoms with van der Waals surface area (Å²) in [6.45, 7) is 7.21. The van der Waals surface area contributed by atoms with Crippen LogP contribution in [0.3, 0.4) is 0 Å². The highest BCUT2D eigenvalue weighted by molar-refractivity contribution is 8.04. The van der Waals surface area contributed by atoms with Gasteiger partial charge in [-0.15, -0.1) is 11.8 Å². The smallest absolute Gasteiger partial charge is 0.234 e. The standard InChI is InChI=1S/C8H9NOS/c1-3-6-7(4-2)11-5-8(10)9-6/h3-4H,1-2,5H2,(H,9,10). The Kier molecular flexibility index (Phi) is 2.54. The topological polar surface area (TPSA) is 29.1 Å². The van der Waals surface area contributed by atoms with E-state index in [-0.39, 0.29) is 5.91 Å². The normalized spacial score (nSPS) is 17.6. The lowest BCUT2D eigenvalue weighted by Crippen LogP contribution is -2.27. The fourth-order valence-corrected chi connectivity index (χ4v) is 1.56. The largest absolute Gasteiger partial charge is 0.324 e. The Bertz CT molecular complexity index is 242. The first-order chi connectivity index (χ1) is 5.27. The molecule has 1 amide bonds. The Morgan fingerprint density at radius 2 is 2.18 bits per heavy atom. The minimum atomic E-state index is 0.0236. The third kappa shape index (κ3) is 1.74. The Hall–Kier alpha value is -0.960. The van der Waals surface area contributed by atoms with Gasteiger partial charge in [-0.25, -0.2) is 0 Å². The van der Waals surface area contributed by atoms with Crippen LogP contribution >= 0.6 is 11.8 Å². The lowest BCUT2D eigenvalue weighted by atomic mass is 10.3. The molecule has 0 aliphatic carbocycles. The van der Waals surface area contributed by atoms with Crippen LogP contribution in [-0.4, -0.2) is 11.7 Å². The van der Waals surface area contributed by atoms with Crippen LogP contribution in [0.5, 0.6) is 0 Å². The van der Waals surface area contributed by atoms with Gasteiger partial charge in [0.1, 0.15) is 0 Å². The molecule has 1 aliphatic heterocycles. The molecule has 0 saturated heterocycles. The summed E-state index contributed by atoms with van der Waals surface area (Å²) in [5.41, 5.74) is 0.765. The van der Waals surface area contributed by atoms with E-state index < -0.39 is 0 Å². The summed E-state index contributed by atoms with van der Waals surface area (Å²) in [5.74, 6) is 0.495. The molecule has 0 aromatic heterocycles. The maximum absolute atomic E-state index is 10.8. The van der Waals surface area contributed by atoms with E-state index in [1.165, 1.54) is 11.8 Å². The molecule has 1 heterocycles. The Labute approximate surface area is 70.1 Å². The molecule has 3 heteroatoms. The molecule has 0 spiro atoms. The first kappa shape index (κ1) is 8.14. The second-order valence-corrected chi connectivity index (χ2v) is 3.04. The molecule has 1 aliphatic rings. The molecule has 0 atom stereocenters. The van der Waals surface area contributed by atoms with Gasteiger partial charge in [-0.1, -0.05) is 19.2 Å². The molecule has 58 valence electrons. The zero-order chi connectivity index (χ0) is 8.27. The molecule has 0 bridgehead atoms.